The summed E-state index contributed by atoms with van der Waals surface area (Å²) in [7, 11) is 1.91. The van der Waals surface area contributed by atoms with Gasteiger partial charge >= 0.3 is 5.63 Å². The van der Waals surface area contributed by atoms with Crippen LogP contribution in [0.2, 0.25) is 0 Å². The van der Waals surface area contributed by atoms with Gasteiger partial charge in [0, 0.05) is 36.3 Å². The van der Waals surface area contributed by atoms with Crippen molar-refractivity contribution in [1.29, 1.82) is 0 Å². The van der Waals surface area contributed by atoms with Gasteiger partial charge in [-0.15, -0.1) is 0 Å². The standard InChI is InChI=1S/C20H16N2O5/c1-21(17-7-10-19-15(14-17)4-11-20(23)27-19)12-2-3-13-26-18-8-5-16(6-9-18)22(24)25/h4-11,14H,12-13H2,1H3. The first kappa shape index (κ1) is 18.0. The molecule has 136 valence electrons. The fourth-order valence-corrected chi connectivity index (χ4v) is 2.40. The topological polar surface area (TPSA) is 85.8 Å². The number of nitro groups is 1. The van der Waals surface area contributed by atoms with Gasteiger partial charge in [0.15, 0.2) is 0 Å². The van der Waals surface area contributed by atoms with Crippen molar-refractivity contribution < 1.29 is 14.1 Å². The Morgan fingerprint density at radius 1 is 1.11 bits per heavy atom. The summed E-state index contributed by atoms with van der Waals surface area (Å²) in [6.07, 6.45) is 0. The van der Waals surface area contributed by atoms with E-state index in [1.165, 1.54) is 18.2 Å². The van der Waals surface area contributed by atoms with Crippen LogP contribution in [0.15, 0.2) is 63.8 Å². The molecule has 0 aliphatic rings. The quantitative estimate of drug-likeness (QED) is 0.299. The highest BCUT2D eigenvalue weighted by atomic mass is 16.6. The fourth-order valence-electron chi connectivity index (χ4n) is 2.40. The lowest BCUT2D eigenvalue weighted by Gasteiger charge is -2.16. The average molecular weight is 364 g/mol. The van der Waals surface area contributed by atoms with Crippen LogP contribution in [-0.2, 0) is 0 Å². The molecule has 0 unspecified atom stereocenters. The minimum absolute atomic E-state index is 0.0183. The van der Waals surface area contributed by atoms with Gasteiger partial charge in [0.2, 0.25) is 0 Å². The summed E-state index contributed by atoms with van der Waals surface area (Å²) in [5, 5.41) is 11.4. The van der Waals surface area contributed by atoms with Gasteiger partial charge in [-0.1, -0.05) is 11.8 Å². The van der Waals surface area contributed by atoms with Crippen molar-refractivity contribution in [2.24, 2.45) is 0 Å². The van der Waals surface area contributed by atoms with Crippen LogP contribution in [0.4, 0.5) is 11.4 Å². The number of ether oxygens (including phenoxy) is 1. The average Bonchev–Trinajstić information content (AvgIpc) is 2.67. The van der Waals surface area contributed by atoms with Crippen LogP contribution < -0.4 is 15.3 Å². The third kappa shape index (κ3) is 4.64. The van der Waals surface area contributed by atoms with E-state index in [4.69, 9.17) is 9.15 Å². The molecule has 3 rings (SSSR count). The molecule has 0 aliphatic carbocycles. The molecule has 2 aromatic carbocycles. The lowest BCUT2D eigenvalue weighted by molar-refractivity contribution is -0.384. The number of benzene rings is 2. The van der Waals surface area contributed by atoms with Gasteiger partial charge in [-0.05, 0) is 36.4 Å². The van der Waals surface area contributed by atoms with Gasteiger partial charge in [-0.2, -0.15) is 0 Å². The predicted molar refractivity (Wildman–Crippen MR) is 102 cm³/mol. The summed E-state index contributed by atoms with van der Waals surface area (Å²) < 4.78 is 10.6. The number of hydrogen-bond acceptors (Lipinski definition) is 6. The Labute approximate surface area is 154 Å². The molecule has 27 heavy (non-hydrogen) atoms. The normalized spacial score (nSPS) is 10.1. The first-order valence-corrected chi connectivity index (χ1v) is 8.11. The summed E-state index contributed by atoms with van der Waals surface area (Å²) in [6.45, 7) is 0.681. The zero-order valence-corrected chi connectivity index (χ0v) is 14.5. The molecule has 0 saturated carbocycles. The summed E-state index contributed by atoms with van der Waals surface area (Å²) in [5.74, 6) is 6.45. The number of anilines is 1. The fraction of sp³-hybridized carbons (Fsp3) is 0.150. The highest BCUT2D eigenvalue weighted by Gasteiger charge is 2.04. The number of nitro benzene ring substituents is 1. The van der Waals surface area contributed by atoms with Crippen molar-refractivity contribution in [3.05, 3.63) is 75.1 Å². The molecule has 0 fully saturated rings. The summed E-state index contributed by atoms with van der Waals surface area (Å²) in [5.41, 5.74) is 1.14. The Hall–Kier alpha value is -3.79. The van der Waals surface area contributed by atoms with Crippen molar-refractivity contribution >= 4 is 22.3 Å². The Morgan fingerprint density at radius 2 is 1.89 bits per heavy atom. The maximum absolute atomic E-state index is 11.2. The first-order valence-electron chi connectivity index (χ1n) is 8.11. The number of hydrogen-bond donors (Lipinski definition) is 0. The van der Waals surface area contributed by atoms with Crippen LogP contribution in [0, 0.1) is 22.0 Å². The Kier molecular flexibility index (Phi) is 5.38. The molecule has 1 aromatic heterocycles. The maximum Gasteiger partial charge on any atom is 0.336 e. The number of fused-ring (bicyclic) bond motifs is 1. The van der Waals surface area contributed by atoms with Crippen molar-refractivity contribution in [3.8, 4) is 17.6 Å². The smallest absolute Gasteiger partial charge is 0.336 e. The predicted octanol–water partition coefficient (Wildman–Crippen LogP) is 3.22. The van der Waals surface area contributed by atoms with E-state index >= 15 is 0 Å². The SMILES string of the molecule is CN(CC#CCOc1ccc([N+](=O)[O-])cc1)c1ccc2oc(=O)ccc2c1. The lowest BCUT2D eigenvalue weighted by Crippen LogP contribution is -2.17. The lowest BCUT2D eigenvalue weighted by atomic mass is 10.2. The summed E-state index contributed by atoms with van der Waals surface area (Å²) in [6, 6.07) is 14.5. The molecule has 7 nitrogen and oxygen atoms in total. The van der Waals surface area contributed by atoms with Crippen LogP contribution in [0.25, 0.3) is 11.0 Å². The second kappa shape index (κ2) is 8.06. The molecule has 3 aromatic rings. The Balaban J connectivity index is 1.55. The third-order valence-electron chi connectivity index (χ3n) is 3.84. The zero-order chi connectivity index (χ0) is 19.2. The molecule has 7 heteroatoms. The molecular formula is C20H16N2O5. The van der Waals surface area contributed by atoms with Crippen LogP contribution in [-0.4, -0.2) is 25.1 Å². The molecule has 0 amide bonds. The van der Waals surface area contributed by atoms with Gasteiger partial charge in [0.25, 0.3) is 5.69 Å². The van der Waals surface area contributed by atoms with Crippen LogP contribution in [0.3, 0.4) is 0 Å². The van der Waals surface area contributed by atoms with Crippen molar-refractivity contribution in [2.45, 2.75) is 0 Å². The van der Waals surface area contributed by atoms with Crippen molar-refractivity contribution in [1.82, 2.24) is 0 Å². The van der Waals surface area contributed by atoms with Gasteiger partial charge in [-0.25, -0.2) is 4.79 Å². The zero-order valence-electron chi connectivity index (χ0n) is 14.5. The van der Waals surface area contributed by atoms with E-state index in [2.05, 4.69) is 11.8 Å². The van der Waals surface area contributed by atoms with E-state index in [0.717, 1.165) is 11.1 Å². The third-order valence-corrected chi connectivity index (χ3v) is 3.84. The molecule has 0 N–H and O–H groups in total. The maximum atomic E-state index is 11.2. The van der Waals surface area contributed by atoms with Crippen LogP contribution in [0.1, 0.15) is 0 Å². The van der Waals surface area contributed by atoms with E-state index in [1.54, 1.807) is 24.3 Å². The monoisotopic (exact) mass is 364 g/mol. The molecule has 0 atom stereocenters. The number of non-ortho nitro benzene ring substituents is 1. The molecule has 0 bridgehead atoms. The highest BCUT2D eigenvalue weighted by Crippen LogP contribution is 2.20. The molecule has 0 radical (unpaired) electrons. The largest absolute Gasteiger partial charge is 0.481 e. The number of nitrogens with zero attached hydrogens (tertiary/aromatic N) is 2. The van der Waals surface area contributed by atoms with Crippen molar-refractivity contribution in [2.75, 3.05) is 25.1 Å². The summed E-state index contributed by atoms with van der Waals surface area (Å²) in [4.78, 5) is 23.3. The van der Waals surface area contributed by atoms with Crippen molar-refractivity contribution in [3.63, 3.8) is 0 Å². The highest BCUT2D eigenvalue weighted by molar-refractivity contribution is 5.80. The minimum atomic E-state index is -0.458. The van der Waals surface area contributed by atoms with Gasteiger partial charge in [0.05, 0.1) is 11.5 Å². The van der Waals surface area contributed by atoms with Crippen LogP contribution in [0.5, 0.6) is 5.75 Å². The second-order valence-corrected chi connectivity index (χ2v) is 5.73. The molecule has 0 spiro atoms. The van der Waals surface area contributed by atoms with Gasteiger partial charge in [-0.3, -0.25) is 10.1 Å². The van der Waals surface area contributed by atoms with E-state index < -0.39 is 4.92 Å². The Bertz CT molecular complexity index is 1080. The first-order chi connectivity index (χ1) is 13.0. The van der Waals surface area contributed by atoms with E-state index in [0.29, 0.717) is 17.9 Å². The van der Waals surface area contributed by atoms with Gasteiger partial charge in [0.1, 0.15) is 17.9 Å². The second-order valence-electron chi connectivity index (χ2n) is 5.73. The molecule has 1 heterocycles. The van der Waals surface area contributed by atoms with Gasteiger partial charge < -0.3 is 14.1 Å². The van der Waals surface area contributed by atoms with Crippen LogP contribution >= 0.6 is 0 Å². The summed E-state index contributed by atoms with van der Waals surface area (Å²) >= 11 is 0. The van der Waals surface area contributed by atoms with E-state index in [-0.39, 0.29) is 17.9 Å². The van der Waals surface area contributed by atoms with E-state index in [9.17, 15) is 14.9 Å². The Morgan fingerprint density at radius 3 is 2.63 bits per heavy atom. The minimum Gasteiger partial charge on any atom is -0.481 e. The van der Waals surface area contributed by atoms with E-state index in [1.807, 2.05) is 24.1 Å². The molecule has 0 aliphatic heterocycles. The molecule has 0 saturated heterocycles. The molecular weight excluding hydrogens is 348 g/mol. The number of rotatable bonds is 5.